The number of hydrogen-bond donors (Lipinski definition) is 1. The van der Waals surface area contributed by atoms with Crippen LogP contribution >= 0.6 is 0 Å². The van der Waals surface area contributed by atoms with Crippen molar-refractivity contribution < 1.29 is 13.9 Å². The van der Waals surface area contributed by atoms with Gasteiger partial charge in [0.2, 0.25) is 0 Å². The number of benzene rings is 1. The molecule has 1 saturated carbocycles. The van der Waals surface area contributed by atoms with Gasteiger partial charge < -0.3 is 10.5 Å². The lowest BCUT2D eigenvalue weighted by Crippen LogP contribution is -2.47. The highest BCUT2D eigenvalue weighted by molar-refractivity contribution is 5.83. The molecule has 1 aliphatic carbocycles. The maximum atomic E-state index is 13.1. The van der Waals surface area contributed by atoms with Gasteiger partial charge in [-0.1, -0.05) is 12.1 Å². The van der Waals surface area contributed by atoms with E-state index in [1.807, 2.05) is 0 Å². The van der Waals surface area contributed by atoms with E-state index in [2.05, 4.69) is 0 Å². The van der Waals surface area contributed by atoms with E-state index in [0.29, 0.717) is 5.56 Å². The van der Waals surface area contributed by atoms with Crippen LogP contribution in [0.25, 0.3) is 0 Å². The predicted octanol–water partition coefficient (Wildman–Crippen LogP) is 1.56. The van der Waals surface area contributed by atoms with E-state index >= 15 is 0 Å². The lowest BCUT2D eigenvalue weighted by atomic mass is 9.86. The summed E-state index contributed by atoms with van der Waals surface area (Å²) in [7, 11) is 1.30. The molecule has 0 saturated heterocycles. The van der Waals surface area contributed by atoms with Crippen LogP contribution in [0, 0.1) is 11.7 Å². The van der Waals surface area contributed by atoms with Crippen molar-refractivity contribution in [1.29, 1.82) is 0 Å². The maximum Gasteiger partial charge on any atom is 0.330 e. The van der Waals surface area contributed by atoms with Crippen molar-refractivity contribution in [2.45, 2.75) is 18.4 Å². The number of carbonyl (C=O) groups excluding carboxylic acids is 1. The van der Waals surface area contributed by atoms with Crippen molar-refractivity contribution in [2.75, 3.05) is 7.11 Å². The van der Waals surface area contributed by atoms with E-state index < -0.39 is 17.3 Å². The second kappa shape index (κ2) is 3.87. The van der Waals surface area contributed by atoms with Gasteiger partial charge in [-0.15, -0.1) is 0 Å². The molecule has 1 aromatic rings. The minimum atomic E-state index is -1.20. The Labute approximate surface area is 93.4 Å². The summed E-state index contributed by atoms with van der Waals surface area (Å²) in [5.74, 6) is -0.834. The SMILES string of the molecule is COC(=O)C(N)(c1cccc(F)c1)C1CC1. The second-order valence-electron chi connectivity index (χ2n) is 4.15. The summed E-state index contributed by atoms with van der Waals surface area (Å²) in [6, 6.07) is 5.85. The van der Waals surface area contributed by atoms with E-state index in [0.717, 1.165) is 12.8 Å². The Morgan fingerprint density at radius 3 is 2.75 bits per heavy atom. The van der Waals surface area contributed by atoms with Gasteiger partial charge in [-0.25, -0.2) is 9.18 Å². The molecule has 0 amide bonds. The monoisotopic (exact) mass is 223 g/mol. The lowest BCUT2D eigenvalue weighted by Gasteiger charge is -2.26. The third-order valence-corrected chi connectivity index (χ3v) is 3.05. The Morgan fingerprint density at radius 1 is 1.56 bits per heavy atom. The molecule has 1 unspecified atom stereocenters. The van der Waals surface area contributed by atoms with Crippen molar-refractivity contribution in [1.82, 2.24) is 0 Å². The van der Waals surface area contributed by atoms with E-state index in [4.69, 9.17) is 10.5 Å². The molecule has 0 aromatic heterocycles. The number of carbonyl (C=O) groups is 1. The first-order valence-corrected chi connectivity index (χ1v) is 5.22. The van der Waals surface area contributed by atoms with Gasteiger partial charge in [0.25, 0.3) is 0 Å². The molecule has 0 heterocycles. The fourth-order valence-electron chi connectivity index (χ4n) is 1.97. The largest absolute Gasteiger partial charge is 0.467 e. The number of hydrogen-bond acceptors (Lipinski definition) is 3. The molecular formula is C12H14FNO2. The van der Waals surface area contributed by atoms with Gasteiger partial charge in [-0.3, -0.25) is 0 Å². The molecule has 0 spiro atoms. The summed E-state index contributed by atoms with van der Waals surface area (Å²) >= 11 is 0. The number of rotatable bonds is 3. The van der Waals surface area contributed by atoms with Crippen LogP contribution in [-0.4, -0.2) is 13.1 Å². The summed E-state index contributed by atoms with van der Waals surface area (Å²) in [6.07, 6.45) is 1.75. The highest BCUT2D eigenvalue weighted by atomic mass is 19.1. The first-order valence-electron chi connectivity index (χ1n) is 5.22. The van der Waals surface area contributed by atoms with E-state index in [-0.39, 0.29) is 5.92 Å². The van der Waals surface area contributed by atoms with Gasteiger partial charge >= 0.3 is 5.97 Å². The molecule has 2 rings (SSSR count). The van der Waals surface area contributed by atoms with Gasteiger partial charge in [0.15, 0.2) is 0 Å². The number of halogens is 1. The Balaban J connectivity index is 2.43. The number of esters is 1. The molecule has 0 radical (unpaired) electrons. The minimum absolute atomic E-state index is 0.0572. The molecule has 16 heavy (non-hydrogen) atoms. The van der Waals surface area contributed by atoms with Crippen molar-refractivity contribution in [3.8, 4) is 0 Å². The first kappa shape index (κ1) is 11.1. The number of ether oxygens (including phenoxy) is 1. The molecule has 1 atom stereocenters. The van der Waals surface area contributed by atoms with Gasteiger partial charge in [-0.2, -0.15) is 0 Å². The maximum absolute atomic E-state index is 13.1. The second-order valence-corrected chi connectivity index (χ2v) is 4.15. The van der Waals surface area contributed by atoms with Crippen LogP contribution < -0.4 is 5.73 Å². The zero-order valence-corrected chi connectivity index (χ0v) is 9.07. The fraction of sp³-hybridized carbons (Fsp3) is 0.417. The van der Waals surface area contributed by atoms with Crippen molar-refractivity contribution >= 4 is 5.97 Å². The third kappa shape index (κ3) is 1.69. The van der Waals surface area contributed by atoms with E-state index in [9.17, 15) is 9.18 Å². The molecule has 0 aliphatic heterocycles. The molecular weight excluding hydrogens is 209 g/mol. The van der Waals surface area contributed by atoms with Crippen LogP contribution in [0.2, 0.25) is 0 Å². The van der Waals surface area contributed by atoms with Crippen molar-refractivity contribution in [3.63, 3.8) is 0 Å². The average Bonchev–Trinajstić information content (AvgIpc) is 3.11. The van der Waals surface area contributed by atoms with Crippen LogP contribution in [0.15, 0.2) is 24.3 Å². The van der Waals surface area contributed by atoms with Crippen LogP contribution in [0.4, 0.5) is 4.39 Å². The summed E-state index contributed by atoms with van der Waals surface area (Å²) in [4.78, 5) is 11.8. The molecule has 0 bridgehead atoms. The summed E-state index contributed by atoms with van der Waals surface area (Å²) in [5, 5.41) is 0. The summed E-state index contributed by atoms with van der Waals surface area (Å²) < 4.78 is 17.9. The summed E-state index contributed by atoms with van der Waals surface area (Å²) in [5.41, 5.74) is 5.40. The lowest BCUT2D eigenvalue weighted by molar-refractivity contribution is -0.148. The Morgan fingerprint density at radius 2 is 2.25 bits per heavy atom. The molecule has 1 aromatic carbocycles. The Bertz CT molecular complexity index is 417. The molecule has 4 heteroatoms. The molecule has 1 fully saturated rings. The Kier molecular flexibility index (Phi) is 2.68. The topological polar surface area (TPSA) is 52.3 Å². The van der Waals surface area contributed by atoms with Crippen molar-refractivity contribution in [3.05, 3.63) is 35.6 Å². The van der Waals surface area contributed by atoms with E-state index in [1.165, 1.54) is 19.2 Å². The quantitative estimate of drug-likeness (QED) is 0.791. The average molecular weight is 223 g/mol. The predicted molar refractivity (Wildman–Crippen MR) is 57.0 cm³/mol. The highest BCUT2D eigenvalue weighted by Gasteiger charge is 2.50. The molecule has 86 valence electrons. The van der Waals surface area contributed by atoms with E-state index in [1.54, 1.807) is 12.1 Å². The molecule has 3 nitrogen and oxygen atoms in total. The Hall–Kier alpha value is -1.42. The molecule has 1 aliphatic rings. The zero-order valence-electron chi connectivity index (χ0n) is 9.07. The first-order chi connectivity index (χ1) is 7.59. The van der Waals surface area contributed by atoms with Crippen molar-refractivity contribution in [2.24, 2.45) is 11.7 Å². The number of nitrogens with two attached hydrogens (primary N) is 1. The minimum Gasteiger partial charge on any atom is -0.467 e. The van der Waals surface area contributed by atoms with Crippen LogP contribution in [0.1, 0.15) is 18.4 Å². The van der Waals surface area contributed by atoms with Gasteiger partial charge in [-0.05, 0) is 36.5 Å². The smallest absolute Gasteiger partial charge is 0.330 e. The third-order valence-electron chi connectivity index (χ3n) is 3.05. The summed E-state index contributed by atoms with van der Waals surface area (Å²) in [6.45, 7) is 0. The normalized spacial score (nSPS) is 18.9. The number of methoxy groups -OCH3 is 1. The van der Waals surface area contributed by atoms with Crippen LogP contribution in [-0.2, 0) is 15.1 Å². The fourth-order valence-corrected chi connectivity index (χ4v) is 1.97. The zero-order chi connectivity index (χ0) is 11.8. The standard InChI is InChI=1S/C12H14FNO2/c1-16-11(15)12(14,8-5-6-8)9-3-2-4-10(13)7-9/h2-4,7-8H,5-6,14H2,1H3. The van der Waals surface area contributed by atoms with Crippen LogP contribution in [0.5, 0.6) is 0 Å². The van der Waals surface area contributed by atoms with Gasteiger partial charge in [0.1, 0.15) is 11.4 Å². The van der Waals surface area contributed by atoms with Gasteiger partial charge in [0.05, 0.1) is 7.11 Å². The van der Waals surface area contributed by atoms with Crippen LogP contribution in [0.3, 0.4) is 0 Å². The molecule has 2 N–H and O–H groups in total. The highest BCUT2D eigenvalue weighted by Crippen LogP contribution is 2.44. The van der Waals surface area contributed by atoms with Gasteiger partial charge in [0, 0.05) is 0 Å².